The fourth-order valence-corrected chi connectivity index (χ4v) is 2.88. The van der Waals surface area contributed by atoms with Crippen LogP contribution in [0.15, 0.2) is 34.1 Å². The summed E-state index contributed by atoms with van der Waals surface area (Å²) >= 11 is 5.19. The quantitative estimate of drug-likeness (QED) is 0.687. The number of benzene rings is 1. The lowest BCUT2D eigenvalue weighted by molar-refractivity contribution is 0.308. The van der Waals surface area contributed by atoms with E-state index in [1.165, 1.54) is 10.4 Å². The maximum atomic E-state index is 5.87. The summed E-state index contributed by atoms with van der Waals surface area (Å²) < 4.78 is 6.78. The van der Waals surface area contributed by atoms with Crippen LogP contribution < -0.4 is 15.6 Å². The van der Waals surface area contributed by atoms with Gasteiger partial charge >= 0.3 is 0 Å². The van der Waals surface area contributed by atoms with Gasteiger partial charge in [-0.15, -0.1) is 11.3 Å². The van der Waals surface area contributed by atoms with Crippen molar-refractivity contribution in [1.29, 1.82) is 0 Å². The highest BCUT2D eigenvalue weighted by Gasteiger charge is 2.10. The Balaban J connectivity index is 2.18. The number of para-hydroxylation sites is 1. The van der Waals surface area contributed by atoms with Gasteiger partial charge in [-0.25, -0.2) is 5.84 Å². The summed E-state index contributed by atoms with van der Waals surface area (Å²) in [6.07, 6.45) is 0. The number of ether oxygens (including phenoxy) is 1. The van der Waals surface area contributed by atoms with Crippen molar-refractivity contribution in [1.82, 2.24) is 0 Å². The van der Waals surface area contributed by atoms with Gasteiger partial charge in [-0.1, -0.05) is 6.07 Å². The highest BCUT2D eigenvalue weighted by Crippen LogP contribution is 2.35. The zero-order chi connectivity index (χ0) is 13.1. The van der Waals surface area contributed by atoms with Gasteiger partial charge in [0.05, 0.1) is 10.2 Å². The first-order valence-corrected chi connectivity index (χ1v) is 7.19. The molecule has 0 saturated carbocycles. The van der Waals surface area contributed by atoms with Crippen LogP contribution in [0.1, 0.15) is 10.4 Å². The molecule has 0 spiro atoms. The van der Waals surface area contributed by atoms with Crippen LogP contribution in [0.3, 0.4) is 0 Å². The molecule has 2 rings (SSSR count). The van der Waals surface area contributed by atoms with Gasteiger partial charge in [0.15, 0.2) is 5.75 Å². The predicted octanol–water partition coefficient (Wildman–Crippen LogP) is 3.71. The van der Waals surface area contributed by atoms with E-state index in [-0.39, 0.29) is 0 Å². The second kappa shape index (κ2) is 5.73. The maximum absolute atomic E-state index is 5.87. The van der Waals surface area contributed by atoms with Crippen LogP contribution in [-0.4, -0.2) is 7.05 Å². The number of nitrogens with two attached hydrogens (primary N) is 1. The highest BCUT2D eigenvalue weighted by atomic mass is 79.9. The third-order valence-electron chi connectivity index (χ3n) is 2.47. The highest BCUT2D eigenvalue weighted by molar-refractivity contribution is 9.10. The second-order valence-electron chi connectivity index (χ2n) is 4.08. The molecule has 3 nitrogen and oxygen atoms in total. The van der Waals surface area contributed by atoms with Crippen molar-refractivity contribution in [2.75, 3.05) is 12.1 Å². The minimum atomic E-state index is 0.558. The molecule has 0 unspecified atom stereocenters. The van der Waals surface area contributed by atoms with E-state index in [2.05, 4.69) is 34.3 Å². The van der Waals surface area contributed by atoms with E-state index in [9.17, 15) is 0 Å². The third-order valence-corrected chi connectivity index (χ3v) is 4.12. The van der Waals surface area contributed by atoms with Crippen LogP contribution in [-0.2, 0) is 6.61 Å². The number of aryl methyl sites for hydroxylation is 1. The van der Waals surface area contributed by atoms with Gasteiger partial charge in [-0.05, 0) is 52.0 Å². The summed E-state index contributed by atoms with van der Waals surface area (Å²) in [5.74, 6) is 6.56. The standard InChI is InChI=1S/C13H15BrN2OS/c1-9-6-10(18-8-9)7-17-13-11(14)4-3-5-12(13)16(2)15/h3-6,8H,7,15H2,1-2H3. The molecule has 0 amide bonds. The van der Waals surface area contributed by atoms with Gasteiger partial charge in [-0.3, -0.25) is 0 Å². The first kappa shape index (κ1) is 13.4. The van der Waals surface area contributed by atoms with Crippen molar-refractivity contribution in [3.8, 4) is 5.75 Å². The van der Waals surface area contributed by atoms with Crippen LogP contribution in [0, 0.1) is 6.92 Å². The average molecular weight is 327 g/mol. The minimum absolute atomic E-state index is 0.558. The Morgan fingerprint density at radius 2 is 2.22 bits per heavy atom. The summed E-state index contributed by atoms with van der Waals surface area (Å²) in [5, 5.41) is 3.68. The number of hydrogen-bond donors (Lipinski definition) is 1. The molecule has 2 aromatic rings. The maximum Gasteiger partial charge on any atom is 0.158 e. The summed E-state index contributed by atoms with van der Waals surface area (Å²) in [4.78, 5) is 1.20. The zero-order valence-corrected chi connectivity index (χ0v) is 12.7. The Labute approximate surface area is 119 Å². The fraction of sp³-hybridized carbons (Fsp3) is 0.231. The van der Waals surface area contributed by atoms with E-state index in [0.29, 0.717) is 6.61 Å². The molecule has 18 heavy (non-hydrogen) atoms. The first-order chi connectivity index (χ1) is 8.58. The van der Waals surface area contributed by atoms with E-state index in [0.717, 1.165) is 15.9 Å². The average Bonchev–Trinajstić information content (AvgIpc) is 2.73. The van der Waals surface area contributed by atoms with Crippen LogP contribution in [0.25, 0.3) is 0 Å². The summed E-state index contributed by atoms with van der Waals surface area (Å²) in [7, 11) is 1.80. The van der Waals surface area contributed by atoms with Crippen LogP contribution in [0.4, 0.5) is 5.69 Å². The van der Waals surface area contributed by atoms with Gasteiger partial charge in [0.2, 0.25) is 0 Å². The second-order valence-corrected chi connectivity index (χ2v) is 5.93. The molecule has 1 aromatic carbocycles. The molecule has 0 fully saturated rings. The Kier molecular flexibility index (Phi) is 4.27. The lowest BCUT2D eigenvalue weighted by Gasteiger charge is -2.18. The molecular weight excluding hydrogens is 312 g/mol. The molecule has 0 radical (unpaired) electrons. The molecule has 0 bridgehead atoms. The number of halogens is 1. The zero-order valence-electron chi connectivity index (χ0n) is 10.3. The largest absolute Gasteiger partial charge is 0.485 e. The smallest absolute Gasteiger partial charge is 0.158 e. The van der Waals surface area contributed by atoms with Gasteiger partial charge in [0.1, 0.15) is 6.61 Å². The molecule has 2 N–H and O–H groups in total. The van der Waals surface area contributed by atoms with Crippen LogP contribution in [0.2, 0.25) is 0 Å². The predicted molar refractivity (Wildman–Crippen MR) is 80.1 cm³/mol. The number of rotatable bonds is 4. The fourth-order valence-electron chi connectivity index (χ4n) is 1.63. The van der Waals surface area contributed by atoms with Crippen molar-refractivity contribution < 1.29 is 4.74 Å². The number of nitrogens with zero attached hydrogens (tertiary/aromatic N) is 1. The molecule has 0 atom stereocenters. The SMILES string of the molecule is Cc1csc(COc2c(Br)cccc2N(C)N)c1. The van der Waals surface area contributed by atoms with Crippen molar-refractivity contribution in [2.24, 2.45) is 5.84 Å². The minimum Gasteiger partial charge on any atom is -0.485 e. The number of hydrazine groups is 1. The summed E-state index contributed by atoms with van der Waals surface area (Å²) in [5.41, 5.74) is 2.12. The van der Waals surface area contributed by atoms with E-state index in [4.69, 9.17) is 10.6 Å². The van der Waals surface area contributed by atoms with E-state index >= 15 is 0 Å². The van der Waals surface area contributed by atoms with Gasteiger partial charge in [0.25, 0.3) is 0 Å². The molecule has 5 heteroatoms. The Morgan fingerprint density at radius 3 is 2.83 bits per heavy atom. The Hall–Kier alpha value is -1.04. The van der Waals surface area contributed by atoms with Crippen molar-refractivity contribution >= 4 is 33.0 Å². The monoisotopic (exact) mass is 326 g/mol. The van der Waals surface area contributed by atoms with Crippen molar-refractivity contribution in [3.63, 3.8) is 0 Å². The summed E-state index contributed by atoms with van der Waals surface area (Å²) in [6.45, 7) is 2.64. The van der Waals surface area contributed by atoms with E-state index in [1.807, 2.05) is 18.2 Å². The lowest BCUT2D eigenvalue weighted by atomic mass is 10.3. The topological polar surface area (TPSA) is 38.5 Å². The van der Waals surface area contributed by atoms with Crippen LogP contribution >= 0.6 is 27.3 Å². The molecule has 0 aliphatic heterocycles. The Morgan fingerprint density at radius 1 is 1.44 bits per heavy atom. The van der Waals surface area contributed by atoms with E-state index in [1.54, 1.807) is 23.4 Å². The van der Waals surface area contributed by atoms with Gasteiger partial charge in [0, 0.05) is 11.9 Å². The molecule has 0 saturated heterocycles. The number of hydrogen-bond acceptors (Lipinski definition) is 4. The van der Waals surface area contributed by atoms with Gasteiger partial charge in [-0.2, -0.15) is 0 Å². The third kappa shape index (κ3) is 3.04. The first-order valence-electron chi connectivity index (χ1n) is 5.51. The molecule has 96 valence electrons. The molecule has 0 aliphatic carbocycles. The lowest BCUT2D eigenvalue weighted by Crippen LogP contribution is -2.25. The Bertz CT molecular complexity index is 540. The molecule has 1 aromatic heterocycles. The van der Waals surface area contributed by atoms with Crippen molar-refractivity contribution in [2.45, 2.75) is 13.5 Å². The summed E-state index contributed by atoms with van der Waals surface area (Å²) in [6, 6.07) is 7.94. The van der Waals surface area contributed by atoms with Crippen LogP contribution in [0.5, 0.6) is 5.75 Å². The molecular formula is C13H15BrN2OS. The number of anilines is 1. The van der Waals surface area contributed by atoms with E-state index < -0.39 is 0 Å². The normalized spacial score (nSPS) is 10.4. The van der Waals surface area contributed by atoms with Crippen molar-refractivity contribution in [3.05, 3.63) is 44.6 Å². The van der Waals surface area contributed by atoms with Gasteiger partial charge < -0.3 is 9.75 Å². The number of thiophene rings is 1. The molecule has 1 heterocycles. The molecule has 0 aliphatic rings.